The Morgan fingerprint density at radius 2 is 1.00 bits per heavy atom. The predicted octanol–water partition coefficient (Wildman–Crippen LogP) is 4.64. The van der Waals surface area contributed by atoms with Crippen molar-refractivity contribution in [2.75, 3.05) is 13.2 Å². The quantitative estimate of drug-likeness (QED) is 0.222. The number of hydrogen-bond acceptors (Lipinski definition) is 8. The summed E-state index contributed by atoms with van der Waals surface area (Å²) in [6, 6.07) is 13.4. The first-order valence-corrected chi connectivity index (χ1v) is 11.7. The number of rotatable bonds is 10. The molecule has 0 radical (unpaired) electrons. The second kappa shape index (κ2) is 13.7. The van der Waals surface area contributed by atoms with E-state index in [2.05, 4.69) is 31.9 Å². The summed E-state index contributed by atoms with van der Waals surface area (Å²) in [5.41, 5.74) is 0. The SMILES string of the molecule is CC(COC(=O)/C=C/C(=O)OCC(C)C(=O)Oc1ccc(Br)cc1)C(=O)Oc1ccc(Br)cc1. The maximum atomic E-state index is 12.1. The summed E-state index contributed by atoms with van der Waals surface area (Å²) in [6.07, 6.45) is 1.75. The van der Waals surface area contributed by atoms with E-state index in [1.807, 2.05) is 0 Å². The first kappa shape index (κ1) is 27.3. The van der Waals surface area contributed by atoms with Crippen LogP contribution in [0.2, 0.25) is 0 Å². The van der Waals surface area contributed by atoms with Crippen LogP contribution < -0.4 is 9.47 Å². The van der Waals surface area contributed by atoms with Crippen LogP contribution >= 0.6 is 31.9 Å². The van der Waals surface area contributed by atoms with Gasteiger partial charge in [-0.05, 0) is 62.4 Å². The van der Waals surface area contributed by atoms with E-state index in [1.54, 1.807) is 62.4 Å². The zero-order valence-corrected chi connectivity index (χ0v) is 21.5. The number of benzene rings is 2. The monoisotopic (exact) mass is 596 g/mol. The Labute approximate surface area is 213 Å². The second-order valence-electron chi connectivity index (χ2n) is 7.15. The molecule has 0 aliphatic rings. The van der Waals surface area contributed by atoms with E-state index in [4.69, 9.17) is 18.9 Å². The smallest absolute Gasteiger partial charge is 0.331 e. The van der Waals surface area contributed by atoms with Crippen molar-refractivity contribution in [1.29, 1.82) is 0 Å². The fraction of sp³-hybridized carbons (Fsp3) is 0.250. The van der Waals surface area contributed by atoms with E-state index < -0.39 is 35.7 Å². The number of halogens is 2. The highest BCUT2D eigenvalue weighted by molar-refractivity contribution is 9.10. The van der Waals surface area contributed by atoms with Crippen LogP contribution in [0.25, 0.3) is 0 Å². The standard InChI is InChI=1S/C24H22Br2O8/c1-15(23(29)33-19-7-3-17(25)4-8-19)13-31-21(27)11-12-22(28)32-14-16(2)24(30)34-20-9-5-18(26)6-10-20/h3-12,15-16H,13-14H2,1-2H3/b12-11+. The van der Waals surface area contributed by atoms with Gasteiger partial charge in [0.2, 0.25) is 0 Å². The average molecular weight is 598 g/mol. The minimum Gasteiger partial charge on any atom is -0.462 e. The fourth-order valence-electron chi connectivity index (χ4n) is 2.22. The molecule has 10 heteroatoms. The van der Waals surface area contributed by atoms with Crippen LogP contribution in [0.3, 0.4) is 0 Å². The summed E-state index contributed by atoms with van der Waals surface area (Å²) in [5.74, 6) is -3.50. The fourth-order valence-corrected chi connectivity index (χ4v) is 2.75. The van der Waals surface area contributed by atoms with Crippen LogP contribution in [0.15, 0.2) is 69.6 Å². The van der Waals surface area contributed by atoms with E-state index in [9.17, 15) is 19.2 Å². The van der Waals surface area contributed by atoms with Crippen molar-refractivity contribution in [3.05, 3.63) is 69.6 Å². The van der Waals surface area contributed by atoms with Crippen LogP contribution in [0.1, 0.15) is 13.8 Å². The average Bonchev–Trinajstić information content (AvgIpc) is 2.82. The number of hydrogen-bond donors (Lipinski definition) is 0. The highest BCUT2D eigenvalue weighted by Gasteiger charge is 2.19. The Morgan fingerprint density at radius 1 is 0.676 bits per heavy atom. The lowest BCUT2D eigenvalue weighted by atomic mass is 10.2. The molecule has 0 N–H and O–H groups in total. The summed E-state index contributed by atoms with van der Waals surface area (Å²) in [5, 5.41) is 0. The largest absolute Gasteiger partial charge is 0.462 e. The summed E-state index contributed by atoms with van der Waals surface area (Å²) >= 11 is 6.57. The molecule has 0 aromatic heterocycles. The molecule has 2 rings (SSSR count). The summed E-state index contributed by atoms with van der Waals surface area (Å²) in [4.78, 5) is 47.7. The van der Waals surface area contributed by atoms with Crippen molar-refractivity contribution in [3.8, 4) is 11.5 Å². The van der Waals surface area contributed by atoms with Gasteiger partial charge in [0.15, 0.2) is 0 Å². The first-order valence-electron chi connectivity index (χ1n) is 10.1. The normalized spacial score (nSPS) is 12.5. The molecule has 0 aliphatic heterocycles. The highest BCUT2D eigenvalue weighted by atomic mass is 79.9. The number of ether oxygens (including phenoxy) is 4. The lowest BCUT2D eigenvalue weighted by molar-refractivity contribution is -0.148. The van der Waals surface area contributed by atoms with Crippen LogP contribution in [-0.4, -0.2) is 37.1 Å². The number of esters is 4. The molecule has 0 amide bonds. The van der Waals surface area contributed by atoms with Crippen LogP contribution in [0.4, 0.5) is 0 Å². The van der Waals surface area contributed by atoms with Crippen LogP contribution in [0.5, 0.6) is 11.5 Å². The van der Waals surface area contributed by atoms with Gasteiger partial charge in [-0.3, -0.25) is 9.59 Å². The van der Waals surface area contributed by atoms with E-state index in [1.165, 1.54) is 0 Å². The lowest BCUT2D eigenvalue weighted by Gasteiger charge is -2.11. The molecule has 2 unspecified atom stereocenters. The third kappa shape index (κ3) is 9.88. The van der Waals surface area contributed by atoms with Gasteiger partial charge in [0.25, 0.3) is 0 Å². The second-order valence-corrected chi connectivity index (χ2v) is 8.98. The topological polar surface area (TPSA) is 105 Å². The van der Waals surface area contributed by atoms with E-state index >= 15 is 0 Å². The number of carbonyl (C=O) groups excluding carboxylic acids is 4. The Hall–Kier alpha value is -2.98. The molecule has 0 saturated heterocycles. The van der Waals surface area contributed by atoms with Crippen molar-refractivity contribution in [3.63, 3.8) is 0 Å². The van der Waals surface area contributed by atoms with Crippen molar-refractivity contribution in [2.24, 2.45) is 11.8 Å². The molecule has 34 heavy (non-hydrogen) atoms. The molecule has 0 heterocycles. The maximum Gasteiger partial charge on any atom is 0.331 e. The van der Waals surface area contributed by atoms with Gasteiger partial charge in [0.05, 0.1) is 11.8 Å². The van der Waals surface area contributed by atoms with Gasteiger partial charge in [-0.2, -0.15) is 0 Å². The van der Waals surface area contributed by atoms with Gasteiger partial charge in [-0.25, -0.2) is 9.59 Å². The van der Waals surface area contributed by atoms with Crippen molar-refractivity contribution < 1.29 is 38.1 Å². The Bertz CT molecular complexity index is 948. The molecular weight excluding hydrogens is 576 g/mol. The zero-order chi connectivity index (χ0) is 25.1. The lowest BCUT2D eigenvalue weighted by Crippen LogP contribution is -2.24. The third-order valence-electron chi connectivity index (χ3n) is 4.18. The van der Waals surface area contributed by atoms with Gasteiger partial charge >= 0.3 is 23.9 Å². The minimum atomic E-state index is -0.831. The van der Waals surface area contributed by atoms with Gasteiger partial charge < -0.3 is 18.9 Å². The summed E-state index contributed by atoms with van der Waals surface area (Å²) in [6.45, 7) is 2.63. The van der Waals surface area contributed by atoms with Crippen LogP contribution in [-0.2, 0) is 28.7 Å². The van der Waals surface area contributed by atoms with E-state index in [-0.39, 0.29) is 13.2 Å². The molecule has 180 valence electrons. The molecule has 0 saturated carbocycles. The molecule has 0 spiro atoms. The van der Waals surface area contributed by atoms with Crippen LogP contribution in [0, 0.1) is 11.8 Å². The third-order valence-corrected chi connectivity index (χ3v) is 5.23. The Kier molecular flexibility index (Phi) is 11.0. The highest BCUT2D eigenvalue weighted by Crippen LogP contribution is 2.18. The van der Waals surface area contributed by atoms with E-state index in [0.29, 0.717) is 11.5 Å². The molecule has 2 aromatic rings. The number of carbonyl (C=O) groups is 4. The molecule has 8 nitrogen and oxygen atoms in total. The van der Waals surface area contributed by atoms with Gasteiger partial charge in [0.1, 0.15) is 24.7 Å². The zero-order valence-electron chi connectivity index (χ0n) is 18.4. The molecule has 2 aromatic carbocycles. The van der Waals surface area contributed by atoms with Crippen molar-refractivity contribution in [2.45, 2.75) is 13.8 Å². The molecule has 0 fully saturated rings. The Morgan fingerprint density at radius 3 is 1.32 bits per heavy atom. The molecule has 0 bridgehead atoms. The summed E-state index contributed by atoms with van der Waals surface area (Å²) in [7, 11) is 0. The molecular formula is C24H22Br2O8. The van der Waals surface area contributed by atoms with Gasteiger partial charge in [-0.1, -0.05) is 31.9 Å². The minimum absolute atomic E-state index is 0.230. The maximum absolute atomic E-state index is 12.1. The van der Waals surface area contributed by atoms with Crippen molar-refractivity contribution >= 4 is 55.7 Å². The summed E-state index contributed by atoms with van der Waals surface area (Å²) < 4.78 is 22.0. The van der Waals surface area contributed by atoms with Gasteiger partial charge in [-0.15, -0.1) is 0 Å². The molecule has 0 aliphatic carbocycles. The van der Waals surface area contributed by atoms with Crippen molar-refractivity contribution in [1.82, 2.24) is 0 Å². The predicted molar refractivity (Wildman–Crippen MR) is 129 cm³/mol. The van der Waals surface area contributed by atoms with Gasteiger partial charge in [0, 0.05) is 21.1 Å². The Balaban J connectivity index is 1.68. The first-order chi connectivity index (χ1) is 16.1. The molecule has 2 atom stereocenters. The van der Waals surface area contributed by atoms with E-state index in [0.717, 1.165) is 21.1 Å².